The molecule has 0 unspecified atom stereocenters. The SMILES string of the molecule is S=C1CCON1. The second-order valence-corrected chi connectivity index (χ2v) is 1.62. The van der Waals surface area contributed by atoms with E-state index in [1.165, 1.54) is 0 Å². The first kappa shape index (κ1) is 4.02. The average Bonchev–Trinajstić information content (AvgIpc) is 1.86. The third kappa shape index (κ3) is 0.666. The van der Waals surface area contributed by atoms with Gasteiger partial charge in [0.2, 0.25) is 0 Å². The molecule has 0 aromatic rings. The van der Waals surface area contributed by atoms with Crippen molar-refractivity contribution >= 4 is 17.2 Å². The zero-order valence-electron chi connectivity index (χ0n) is 3.23. The van der Waals surface area contributed by atoms with E-state index >= 15 is 0 Å². The molecule has 1 N–H and O–H groups in total. The van der Waals surface area contributed by atoms with Crippen LogP contribution in [0, 0.1) is 0 Å². The summed E-state index contributed by atoms with van der Waals surface area (Å²) in [6, 6.07) is 0. The Morgan fingerprint density at radius 3 is 2.83 bits per heavy atom. The van der Waals surface area contributed by atoms with E-state index in [1.807, 2.05) is 0 Å². The lowest BCUT2D eigenvalue weighted by molar-refractivity contribution is 0.122. The topological polar surface area (TPSA) is 21.3 Å². The van der Waals surface area contributed by atoms with E-state index in [9.17, 15) is 0 Å². The van der Waals surface area contributed by atoms with Crippen LogP contribution in [0.5, 0.6) is 0 Å². The van der Waals surface area contributed by atoms with Gasteiger partial charge in [-0.25, -0.2) is 0 Å². The van der Waals surface area contributed by atoms with Gasteiger partial charge in [-0.05, 0) is 0 Å². The Kier molecular flexibility index (Phi) is 1.03. The van der Waals surface area contributed by atoms with Crippen LogP contribution >= 0.6 is 12.2 Å². The highest BCUT2D eigenvalue weighted by molar-refractivity contribution is 7.80. The Labute approximate surface area is 41.4 Å². The maximum Gasteiger partial charge on any atom is 0.103 e. The van der Waals surface area contributed by atoms with Crippen LogP contribution in [0.2, 0.25) is 0 Å². The molecule has 0 saturated carbocycles. The lowest BCUT2D eigenvalue weighted by atomic mass is 10.5. The minimum atomic E-state index is 0.735. The smallest absolute Gasteiger partial charge is 0.103 e. The minimum Gasteiger partial charge on any atom is -0.275 e. The third-order valence-corrected chi connectivity index (χ3v) is 0.905. The van der Waals surface area contributed by atoms with Crippen molar-refractivity contribution in [1.82, 2.24) is 5.48 Å². The molecule has 1 aliphatic rings. The van der Waals surface area contributed by atoms with Crippen molar-refractivity contribution in [3.63, 3.8) is 0 Å². The van der Waals surface area contributed by atoms with Crippen molar-refractivity contribution in [2.45, 2.75) is 6.42 Å². The number of rotatable bonds is 0. The highest BCUT2D eigenvalue weighted by Gasteiger charge is 2.01. The molecule has 0 spiro atoms. The molecule has 3 heteroatoms. The Morgan fingerprint density at radius 1 is 1.83 bits per heavy atom. The minimum absolute atomic E-state index is 0.735. The monoisotopic (exact) mass is 103 g/mol. The fourth-order valence-electron chi connectivity index (χ4n) is 0.326. The van der Waals surface area contributed by atoms with Crippen LogP contribution in [-0.4, -0.2) is 11.6 Å². The fourth-order valence-corrected chi connectivity index (χ4v) is 0.469. The lowest BCUT2D eigenvalue weighted by Gasteiger charge is -1.84. The molecular weight excluding hydrogens is 98.1 g/mol. The van der Waals surface area contributed by atoms with Crippen LogP contribution < -0.4 is 5.48 Å². The summed E-state index contributed by atoms with van der Waals surface area (Å²) in [6.07, 6.45) is 0.884. The van der Waals surface area contributed by atoms with Crippen molar-refractivity contribution in [2.24, 2.45) is 0 Å². The lowest BCUT2D eigenvalue weighted by Crippen LogP contribution is -2.08. The van der Waals surface area contributed by atoms with Gasteiger partial charge in [-0.2, -0.15) is 0 Å². The Hall–Kier alpha value is -0.150. The highest BCUT2D eigenvalue weighted by atomic mass is 32.1. The Morgan fingerprint density at radius 2 is 2.67 bits per heavy atom. The van der Waals surface area contributed by atoms with E-state index in [1.54, 1.807) is 0 Å². The van der Waals surface area contributed by atoms with Crippen LogP contribution in [-0.2, 0) is 4.84 Å². The van der Waals surface area contributed by atoms with E-state index in [0.717, 1.165) is 18.0 Å². The van der Waals surface area contributed by atoms with E-state index in [4.69, 9.17) is 0 Å². The largest absolute Gasteiger partial charge is 0.275 e. The molecule has 34 valence electrons. The second-order valence-electron chi connectivity index (χ2n) is 1.12. The number of nitrogens with one attached hydrogen (secondary N) is 1. The van der Waals surface area contributed by atoms with Gasteiger partial charge in [0.25, 0.3) is 0 Å². The van der Waals surface area contributed by atoms with Gasteiger partial charge in [-0.1, -0.05) is 12.2 Å². The van der Waals surface area contributed by atoms with Crippen LogP contribution in [0.25, 0.3) is 0 Å². The van der Waals surface area contributed by atoms with Crippen LogP contribution in [0.4, 0.5) is 0 Å². The first-order chi connectivity index (χ1) is 2.89. The predicted molar refractivity (Wildman–Crippen MR) is 26.3 cm³/mol. The van der Waals surface area contributed by atoms with Gasteiger partial charge in [0.05, 0.1) is 6.61 Å². The summed E-state index contributed by atoms with van der Waals surface area (Å²) in [5.74, 6) is 0. The maximum atomic E-state index is 4.68. The zero-order valence-corrected chi connectivity index (χ0v) is 4.05. The molecule has 1 rings (SSSR count). The molecule has 0 bridgehead atoms. The van der Waals surface area contributed by atoms with Crippen LogP contribution in [0.1, 0.15) is 6.42 Å². The number of hydrogen-bond acceptors (Lipinski definition) is 2. The summed E-state index contributed by atoms with van der Waals surface area (Å²) < 4.78 is 0. The van der Waals surface area contributed by atoms with Crippen LogP contribution in [0.15, 0.2) is 0 Å². The van der Waals surface area contributed by atoms with Gasteiger partial charge in [0.1, 0.15) is 4.99 Å². The van der Waals surface area contributed by atoms with Gasteiger partial charge in [0.15, 0.2) is 0 Å². The normalized spacial score (nSPS) is 21.0. The van der Waals surface area contributed by atoms with E-state index in [-0.39, 0.29) is 0 Å². The van der Waals surface area contributed by atoms with Gasteiger partial charge in [-0.15, -0.1) is 0 Å². The molecule has 1 heterocycles. The molecular formula is C3H5NOS. The number of thiocarbonyl (C=S) groups is 1. The summed E-state index contributed by atoms with van der Waals surface area (Å²) in [5, 5.41) is 0. The average molecular weight is 103 g/mol. The van der Waals surface area contributed by atoms with E-state index < -0.39 is 0 Å². The Balaban J connectivity index is 2.37. The van der Waals surface area contributed by atoms with Crippen molar-refractivity contribution < 1.29 is 4.84 Å². The summed E-state index contributed by atoms with van der Waals surface area (Å²) in [7, 11) is 0. The molecule has 0 atom stereocenters. The van der Waals surface area contributed by atoms with Gasteiger partial charge < -0.3 is 0 Å². The van der Waals surface area contributed by atoms with Gasteiger partial charge in [0, 0.05) is 6.42 Å². The molecule has 1 aliphatic heterocycles. The quantitative estimate of drug-likeness (QED) is 0.444. The number of hydrogen-bond donors (Lipinski definition) is 1. The van der Waals surface area contributed by atoms with Crippen LogP contribution in [0.3, 0.4) is 0 Å². The maximum absolute atomic E-state index is 4.68. The highest BCUT2D eigenvalue weighted by Crippen LogP contribution is 1.90. The zero-order chi connectivity index (χ0) is 4.41. The fraction of sp³-hybridized carbons (Fsp3) is 0.667. The second kappa shape index (κ2) is 1.53. The standard InChI is InChI=1S/C3H5NOS/c6-3-1-2-5-4-3/h1-2H2,(H,4,6). The first-order valence-electron chi connectivity index (χ1n) is 1.80. The van der Waals surface area contributed by atoms with Crippen molar-refractivity contribution in [1.29, 1.82) is 0 Å². The first-order valence-corrected chi connectivity index (χ1v) is 2.21. The molecule has 0 aromatic carbocycles. The molecule has 2 nitrogen and oxygen atoms in total. The summed E-state index contributed by atoms with van der Waals surface area (Å²) >= 11 is 4.68. The molecule has 1 fully saturated rings. The molecule has 0 amide bonds. The van der Waals surface area contributed by atoms with E-state index in [2.05, 4.69) is 22.5 Å². The molecule has 0 aromatic heterocycles. The summed E-state index contributed by atoms with van der Waals surface area (Å²) in [4.78, 5) is 5.48. The molecule has 0 radical (unpaired) electrons. The van der Waals surface area contributed by atoms with Gasteiger partial charge >= 0.3 is 0 Å². The molecule has 6 heavy (non-hydrogen) atoms. The predicted octanol–water partition coefficient (Wildman–Crippen LogP) is 0.239. The van der Waals surface area contributed by atoms with Crippen molar-refractivity contribution in [3.8, 4) is 0 Å². The number of hydroxylamine groups is 1. The summed E-state index contributed by atoms with van der Waals surface area (Å²) in [5.41, 5.74) is 2.55. The summed E-state index contributed by atoms with van der Waals surface area (Å²) in [6.45, 7) is 0.735. The van der Waals surface area contributed by atoms with Gasteiger partial charge in [-0.3, -0.25) is 10.3 Å². The molecule has 1 saturated heterocycles. The van der Waals surface area contributed by atoms with E-state index in [0.29, 0.717) is 0 Å². The molecule has 0 aliphatic carbocycles. The van der Waals surface area contributed by atoms with Crippen molar-refractivity contribution in [3.05, 3.63) is 0 Å². The third-order valence-electron chi connectivity index (χ3n) is 0.617. The Bertz CT molecular complexity index is 65.2. The van der Waals surface area contributed by atoms with Crippen molar-refractivity contribution in [2.75, 3.05) is 6.61 Å².